The molecule has 2 aromatic rings. The minimum atomic E-state index is -3.60. The SMILES string of the molecule is Cc1cc(N(C)C)nc(N2CCN(S(=O)(=O)c3cc4c5c(c3)CCN5C(=O)CC4)CC2)n1. The summed E-state index contributed by atoms with van der Waals surface area (Å²) in [7, 11) is 0.275. The zero-order valence-electron chi connectivity index (χ0n) is 18.7. The maximum absolute atomic E-state index is 13.4. The number of rotatable bonds is 4. The predicted molar refractivity (Wildman–Crippen MR) is 123 cm³/mol. The summed E-state index contributed by atoms with van der Waals surface area (Å²) < 4.78 is 28.5. The van der Waals surface area contributed by atoms with Gasteiger partial charge in [0.15, 0.2) is 0 Å². The van der Waals surface area contributed by atoms with Crippen molar-refractivity contribution in [2.45, 2.75) is 31.1 Å². The number of amides is 1. The van der Waals surface area contributed by atoms with E-state index in [2.05, 4.69) is 9.97 Å². The van der Waals surface area contributed by atoms with Crippen LogP contribution < -0.4 is 14.7 Å². The molecule has 3 aliphatic heterocycles. The van der Waals surface area contributed by atoms with Crippen molar-refractivity contribution in [1.82, 2.24) is 14.3 Å². The Morgan fingerprint density at radius 1 is 0.906 bits per heavy atom. The van der Waals surface area contributed by atoms with E-state index in [4.69, 9.17) is 0 Å². The Bertz CT molecular complexity index is 1190. The fourth-order valence-corrected chi connectivity index (χ4v) is 6.28. The van der Waals surface area contributed by atoms with Gasteiger partial charge in [-0.2, -0.15) is 9.29 Å². The number of carbonyl (C=O) groups excluding carboxylic acids is 1. The van der Waals surface area contributed by atoms with Crippen LogP contribution in [0.25, 0.3) is 0 Å². The standard InChI is InChI=1S/C22H28N6O3S/c1-15-12-19(25(2)3)24-22(23-15)26-8-10-27(11-9-26)32(30,31)18-13-16-4-5-20(29)28-7-6-17(14-18)21(16)28/h12-14H,4-11H2,1-3H3. The highest BCUT2D eigenvalue weighted by Gasteiger charge is 2.35. The Morgan fingerprint density at radius 2 is 1.59 bits per heavy atom. The molecule has 0 N–H and O–H groups in total. The quantitative estimate of drug-likeness (QED) is 0.683. The lowest BCUT2D eigenvalue weighted by Gasteiger charge is -2.34. The third-order valence-corrected chi connectivity index (χ3v) is 8.35. The number of aromatic nitrogens is 2. The summed E-state index contributed by atoms with van der Waals surface area (Å²) in [5.74, 6) is 1.61. The summed E-state index contributed by atoms with van der Waals surface area (Å²) in [6, 6.07) is 5.48. The molecule has 1 aromatic carbocycles. The van der Waals surface area contributed by atoms with Gasteiger partial charge in [-0.1, -0.05) is 0 Å². The lowest BCUT2D eigenvalue weighted by Crippen LogP contribution is -2.49. The summed E-state index contributed by atoms with van der Waals surface area (Å²) >= 11 is 0. The highest BCUT2D eigenvalue weighted by atomic mass is 32.2. The highest BCUT2D eigenvalue weighted by Crippen LogP contribution is 2.39. The number of carbonyl (C=O) groups is 1. The smallest absolute Gasteiger partial charge is 0.243 e. The molecule has 1 amide bonds. The first-order chi connectivity index (χ1) is 15.2. The van der Waals surface area contributed by atoms with Crippen LogP contribution in [0.1, 0.15) is 23.2 Å². The number of hydrogen-bond acceptors (Lipinski definition) is 7. The minimum absolute atomic E-state index is 0.138. The van der Waals surface area contributed by atoms with E-state index in [0.717, 1.165) is 28.3 Å². The largest absolute Gasteiger partial charge is 0.363 e. The number of benzene rings is 1. The van der Waals surface area contributed by atoms with Crippen LogP contribution in [0.2, 0.25) is 0 Å². The molecule has 1 aromatic heterocycles. The van der Waals surface area contributed by atoms with Gasteiger partial charge in [0.25, 0.3) is 0 Å². The van der Waals surface area contributed by atoms with E-state index in [0.29, 0.717) is 62.8 Å². The molecule has 1 fully saturated rings. The van der Waals surface area contributed by atoms with E-state index in [1.807, 2.05) is 41.8 Å². The summed E-state index contributed by atoms with van der Waals surface area (Å²) in [6.45, 7) is 4.43. The second kappa shape index (κ2) is 7.70. The monoisotopic (exact) mass is 456 g/mol. The van der Waals surface area contributed by atoms with Gasteiger partial charge in [0, 0.05) is 65.0 Å². The van der Waals surface area contributed by atoms with E-state index < -0.39 is 10.0 Å². The number of sulfonamides is 1. The van der Waals surface area contributed by atoms with Crippen molar-refractivity contribution >= 4 is 33.4 Å². The Balaban J connectivity index is 1.36. The molecule has 32 heavy (non-hydrogen) atoms. The van der Waals surface area contributed by atoms with Gasteiger partial charge in [0.05, 0.1) is 10.6 Å². The molecule has 0 aliphatic carbocycles. The summed E-state index contributed by atoms with van der Waals surface area (Å²) in [5, 5.41) is 0. The van der Waals surface area contributed by atoms with Crippen LogP contribution >= 0.6 is 0 Å². The lowest BCUT2D eigenvalue weighted by molar-refractivity contribution is -0.118. The van der Waals surface area contributed by atoms with Crippen molar-refractivity contribution in [2.24, 2.45) is 0 Å². The first-order valence-corrected chi connectivity index (χ1v) is 12.4. The Labute approximate surface area is 188 Å². The Hall–Kier alpha value is -2.72. The number of aryl methyl sites for hydroxylation is 2. The van der Waals surface area contributed by atoms with E-state index in [9.17, 15) is 13.2 Å². The average molecular weight is 457 g/mol. The minimum Gasteiger partial charge on any atom is -0.363 e. The maximum Gasteiger partial charge on any atom is 0.243 e. The summed E-state index contributed by atoms with van der Waals surface area (Å²) in [4.78, 5) is 27.5. The molecular formula is C22H28N6O3S. The van der Waals surface area contributed by atoms with Gasteiger partial charge in [0.1, 0.15) is 5.82 Å². The van der Waals surface area contributed by atoms with Gasteiger partial charge in [0.2, 0.25) is 21.9 Å². The molecule has 10 heteroatoms. The average Bonchev–Trinajstić information content (AvgIpc) is 3.21. The predicted octanol–water partition coefficient (Wildman–Crippen LogP) is 1.20. The normalized spacial score (nSPS) is 18.8. The summed E-state index contributed by atoms with van der Waals surface area (Å²) in [5.41, 5.74) is 3.77. The van der Waals surface area contributed by atoms with Crippen molar-refractivity contribution in [1.29, 1.82) is 0 Å². The molecule has 9 nitrogen and oxygen atoms in total. The number of piperazine rings is 1. The third-order valence-electron chi connectivity index (χ3n) is 6.47. The van der Waals surface area contributed by atoms with Crippen LogP contribution in [0, 0.1) is 6.92 Å². The molecule has 0 spiro atoms. The van der Waals surface area contributed by atoms with Crippen molar-refractivity contribution in [3.8, 4) is 0 Å². The van der Waals surface area contributed by atoms with E-state index in [-0.39, 0.29) is 5.91 Å². The maximum atomic E-state index is 13.4. The molecule has 0 atom stereocenters. The summed E-state index contributed by atoms with van der Waals surface area (Å²) in [6.07, 6.45) is 1.76. The molecule has 0 bridgehead atoms. The van der Waals surface area contributed by atoms with Crippen LogP contribution in [-0.4, -0.2) is 75.4 Å². The topological polar surface area (TPSA) is 90.0 Å². The molecule has 1 saturated heterocycles. The highest BCUT2D eigenvalue weighted by molar-refractivity contribution is 7.89. The second-order valence-corrected chi connectivity index (χ2v) is 10.8. The zero-order chi connectivity index (χ0) is 22.6. The number of anilines is 3. The number of hydrogen-bond donors (Lipinski definition) is 0. The molecule has 0 radical (unpaired) electrons. The van der Waals surface area contributed by atoms with Crippen molar-refractivity contribution in [3.63, 3.8) is 0 Å². The van der Waals surface area contributed by atoms with Crippen LogP contribution in [0.5, 0.6) is 0 Å². The Kier molecular flexibility index (Phi) is 5.09. The van der Waals surface area contributed by atoms with Crippen molar-refractivity contribution in [2.75, 3.05) is 61.5 Å². The van der Waals surface area contributed by atoms with E-state index in [1.54, 1.807) is 16.4 Å². The van der Waals surface area contributed by atoms with Gasteiger partial charge in [-0.3, -0.25) is 4.79 Å². The van der Waals surface area contributed by atoms with Crippen LogP contribution in [-0.2, 0) is 27.7 Å². The molecule has 4 heterocycles. The molecule has 0 saturated carbocycles. The first-order valence-electron chi connectivity index (χ1n) is 11.0. The van der Waals surface area contributed by atoms with Crippen molar-refractivity contribution in [3.05, 3.63) is 35.0 Å². The van der Waals surface area contributed by atoms with Crippen LogP contribution in [0.4, 0.5) is 17.5 Å². The third kappa shape index (κ3) is 3.51. The Morgan fingerprint density at radius 3 is 2.28 bits per heavy atom. The van der Waals surface area contributed by atoms with E-state index >= 15 is 0 Å². The van der Waals surface area contributed by atoms with Gasteiger partial charge in [-0.25, -0.2) is 13.4 Å². The lowest BCUT2D eigenvalue weighted by atomic mass is 10.00. The second-order valence-electron chi connectivity index (χ2n) is 8.84. The van der Waals surface area contributed by atoms with E-state index in [1.165, 1.54) is 0 Å². The van der Waals surface area contributed by atoms with Crippen LogP contribution in [0.3, 0.4) is 0 Å². The zero-order valence-corrected chi connectivity index (χ0v) is 19.5. The molecule has 170 valence electrons. The fraction of sp³-hybridized carbons (Fsp3) is 0.500. The van der Waals surface area contributed by atoms with Crippen molar-refractivity contribution < 1.29 is 13.2 Å². The molecule has 5 rings (SSSR count). The molecule has 0 unspecified atom stereocenters. The van der Waals surface area contributed by atoms with Gasteiger partial charge < -0.3 is 14.7 Å². The van der Waals surface area contributed by atoms with Gasteiger partial charge >= 0.3 is 0 Å². The molecule has 3 aliphatic rings. The van der Waals surface area contributed by atoms with Crippen LogP contribution in [0.15, 0.2) is 23.1 Å². The van der Waals surface area contributed by atoms with Gasteiger partial charge in [-0.05, 0) is 43.0 Å². The molecular weight excluding hydrogens is 428 g/mol. The fourth-order valence-electron chi connectivity index (χ4n) is 4.76. The first kappa shape index (κ1) is 21.1. The van der Waals surface area contributed by atoms with Gasteiger partial charge in [-0.15, -0.1) is 0 Å². The number of nitrogens with zero attached hydrogens (tertiary/aromatic N) is 6.